The fourth-order valence-electron chi connectivity index (χ4n) is 3.28. The van der Waals surface area contributed by atoms with E-state index in [2.05, 4.69) is 11.4 Å². The molecule has 2 aliphatic rings. The fraction of sp³-hybridized carbons (Fsp3) is 0.632. The average Bonchev–Trinajstić information content (AvgIpc) is 3.04. The molecule has 132 valence electrons. The molecule has 24 heavy (non-hydrogen) atoms. The number of hydrogen-bond donors (Lipinski definition) is 1. The fourth-order valence-corrected chi connectivity index (χ4v) is 3.28. The molecule has 0 aromatic heterocycles. The molecule has 3 rings (SSSR count). The Morgan fingerprint density at radius 3 is 2.92 bits per heavy atom. The Morgan fingerprint density at radius 1 is 1.38 bits per heavy atom. The molecule has 5 heteroatoms. The van der Waals surface area contributed by atoms with Gasteiger partial charge in [-0.1, -0.05) is 12.1 Å². The first-order chi connectivity index (χ1) is 11.4. The summed E-state index contributed by atoms with van der Waals surface area (Å²) in [7, 11) is 0. The Bertz CT molecular complexity index is 589. The van der Waals surface area contributed by atoms with E-state index in [0.29, 0.717) is 25.7 Å². The zero-order valence-electron chi connectivity index (χ0n) is 14.9. The monoisotopic (exact) mass is 332 g/mol. The number of rotatable bonds is 3. The Kier molecular flexibility index (Phi) is 4.99. The predicted octanol–water partition coefficient (Wildman–Crippen LogP) is 3.11. The van der Waals surface area contributed by atoms with Crippen LogP contribution in [0.25, 0.3) is 0 Å². The van der Waals surface area contributed by atoms with Crippen molar-refractivity contribution in [3.8, 4) is 5.75 Å². The average molecular weight is 332 g/mol. The molecule has 1 unspecified atom stereocenters. The molecule has 1 aromatic carbocycles. The maximum atomic E-state index is 12.3. The number of ether oxygens (including phenoxy) is 2. The summed E-state index contributed by atoms with van der Waals surface area (Å²) in [6, 6.07) is 6.58. The van der Waals surface area contributed by atoms with Crippen LogP contribution in [0.1, 0.15) is 44.7 Å². The van der Waals surface area contributed by atoms with E-state index in [1.54, 1.807) is 4.90 Å². The molecule has 1 amide bonds. The van der Waals surface area contributed by atoms with E-state index in [-0.39, 0.29) is 6.09 Å². The highest BCUT2D eigenvalue weighted by Gasteiger charge is 2.27. The lowest BCUT2D eigenvalue weighted by molar-refractivity contribution is 0.0223. The van der Waals surface area contributed by atoms with Crippen molar-refractivity contribution in [2.75, 3.05) is 19.7 Å². The Morgan fingerprint density at radius 2 is 2.21 bits per heavy atom. The number of hydrogen-bond acceptors (Lipinski definition) is 4. The van der Waals surface area contributed by atoms with Gasteiger partial charge in [-0.25, -0.2) is 4.79 Å². The molecule has 0 bridgehead atoms. The van der Waals surface area contributed by atoms with Gasteiger partial charge in [-0.2, -0.15) is 0 Å². The van der Waals surface area contributed by atoms with Gasteiger partial charge in [-0.05, 0) is 58.2 Å². The van der Waals surface area contributed by atoms with Gasteiger partial charge in [0.15, 0.2) is 0 Å². The first-order valence-corrected chi connectivity index (χ1v) is 8.87. The van der Waals surface area contributed by atoms with E-state index in [0.717, 1.165) is 24.3 Å². The van der Waals surface area contributed by atoms with Crippen molar-refractivity contribution in [1.29, 1.82) is 0 Å². The van der Waals surface area contributed by atoms with E-state index in [9.17, 15) is 4.79 Å². The normalized spacial score (nSPS) is 20.6. The number of benzene rings is 1. The van der Waals surface area contributed by atoms with Crippen molar-refractivity contribution in [2.24, 2.45) is 0 Å². The van der Waals surface area contributed by atoms with Gasteiger partial charge in [0.25, 0.3) is 0 Å². The van der Waals surface area contributed by atoms with E-state index in [4.69, 9.17) is 9.47 Å². The molecule has 1 fully saturated rings. The SMILES string of the molecule is CC(C)(C)OC(=O)N1CCc2c(cccc2OCC2CCCN2)C1. The van der Waals surface area contributed by atoms with Gasteiger partial charge in [-0.15, -0.1) is 0 Å². The summed E-state index contributed by atoms with van der Waals surface area (Å²) in [5.41, 5.74) is 1.93. The smallest absolute Gasteiger partial charge is 0.410 e. The van der Waals surface area contributed by atoms with E-state index in [1.807, 2.05) is 32.9 Å². The maximum absolute atomic E-state index is 12.3. The van der Waals surface area contributed by atoms with Crippen molar-refractivity contribution < 1.29 is 14.3 Å². The highest BCUT2D eigenvalue weighted by molar-refractivity contribution is 5.69. The molecular weight excluding hydrogens is 304 g/mol. The van der Waals surface area contributed by atoms with Gasteiger partial charge in [0.2, 0.25) is 0 Å². The topological polar surface area (TPSA) is 50.8 Å². The minimum absolute atomic E-state index is 0.241. The summed E-state index contributed by atoms with van der Waals surface area (Å²) < 4.78 is 11.6. The van der Waals surface area contributed by atoms with Crippen LogP contribution in [-0.2, 0) is 17.7 Å². The first kappa shape index (κ1) is 17.1. The first-order valence-electron chi connectivity index (χ1n) is 8.87. The van der Waals surface area contributed by atoms with Crippen LogP contribution in [0.2, 0.25) is 0 Å². The minimum Gasteiger partial charge on any atom is -0.492 e. The zero-order valence-corrected chi connectivity index (χ0v) is 14.9. The van der Waals surface area contributed by atoms with Gasteiger partial charge < -0.3 is 19.7 Å². The highest BCUT2D eigenvalue weighted by atomic mass is 16.6. The van der Waals surface area contributed by atoms with Crippen LogP contribution in [0, 0.1) is 0 Å². The zero-order chi connectivity index (χ0) is 17.2. The van der Waals surface area contributed by atoms with Crippen molar-refractivity contribution in [3.05, 3.63) is 29.3 Å². The minimum atomic E-state index is -0.462. The Balaban J connectivity index is 1.64. The maximum Gasteiger partial charge on any atom is 0.410 e. The second kappa shape index (κ2) is 7.01. The van der Waals surface area contributed by atoms with Crippen molar-refractivity contribution in [3.63, 3.8) is 0 Å². The van der Waals surface area contributed by atoms with Crippen LogP contribution < -0.4 is 10.1 Å². The van der Waals surface area contributed by atoms with E-state index in [1.165, 1.54) is 18.4 Å². The molecule has 5 nitrogen and oxygen atoms in total. The number of fused-ring (bicyclic) bond motifs is 1. The largest absolute Gasteiger partial charge is 0.492 e. The third-order valence-corrected chi connectivity index (χ3v) is 4.48. The lowest BCUT2D eigenvalue weighted by atomic mass is 9.99. The molecule has 0 radical (unpaired) electrons. The third kappa shape index (κ3) is 4.20. The Labute approximate surface area is 144 Å². The summed E-state index contributed by atoms with van der Waals surface area (Å²) in [5, 5.41) is 3.46. The second-order valence-electron chi connectivity index (χ2n) is 7.65. The molecule has 0 spiro atoms. The molecule has 0 aliphatic carbocycles. The molecule has 0 saturated carbocycles. The van der Waals surface area contributed by atoms with Crippen molar-refractivity contribution in [2.45, 2.75) is 58.2 Å². The van der Waals surface area contributed by atoms with Gasteiger partial charge in [0.1, 0.15) is 18.0 Å². The number of carbonyl (C=O) groups is 1. The van der Waals surface area contributed by atoms with E-state index < -0.39 is 5.60 Å². The number of nitrogens with zero attached hydrogens (tertiary/aromatic N) is 1. The van der Waals surface area contributed by atoms with Crippen LogP contribution in [0.4, 0.5) is 4.79 Å². The van der Waals surface area contributed by atoms with Gasteiger partial charge in [0.05, 0.1) is 0 Å². The number of carbonyl (C=O) groups excluding carboxylic acids is 1. The summed E-state index contributed by atoms with van der Waals surface area (Å²) in [6.07, 6.45) is 2.98. The van der Waals surface area contributed by atoms with E-state index >= 15 is 0 Å². The molecule has 1 N–H and O–H groups in total. The predicted molar refractivity (Wildman–Crippen MR) is 93.3 cm³/mol. The van der Waals surface area contributed by atoms with Crippen molar-refractivity contribution >= 4 is 6.09 Å². The lowest BCUT2D eigenvalue weighted by Gasteiger charge is -2.32. The summed E-state index contributed by atoms with van der Waals surface area (Å²) in [5.74, 6) is 0.963. The molecule has 2 aliphatic heterocycles. The molecule has 1 aromatic rings. The highest BCUT2D eigenvalue weighted by Crippen LogP contribution is 2.29. The lowest BCUT2D eigenvalue weighted by Crippen LogP contribution is -2.40. The number of amides is 1. The summed E-state index contributed by atoms with van der Waals surface area (Å²) in [6.45, 7) is 8.74. The number of nitrogens with one attached hydrogen (secondary N) is 1. The van der Waals surface area contributed by atoms with Gasteiger partial charge in [0, 0.05) is 24.7 Å². The second-order valence-corrected chi connectivity index (χ2v) is 7.65. The summed E-state index contributed by atoms with van der Waals surface area (Å²) >= 11 is 0. The standard InChI is InChI=1S/C19H28N2O3/c1-19(2,3)24-18(22)21-11-9-16-14(12-21)6-4-8-17(16)23-13-15-7-5-10-20-15/h4,6,8,15,20H,5,7,9-13H2,1-3H3. The summed E-state index contributed by atoms with van der Waals surface area (Å²) in [4.78, 5) is 14.0. The molecule has 1 atom stereocenters. The van der Waals surface area contributed by atoms with Gasteiger partial charge in [-0.3, -0.25) is 0 Å². The Hall–Kier alpha value is -1.75. The van der Waals surface area contributed by atoms with Crippen LogP contribution in [0.5, 0.6) is 5.75 Å². The third-order valence-electron chi connectivity index (χ3n) is 4.48. The quantitative estimate of drug-likeness (QED) is 0.924. The van der Waals surface area contributed by atoms with Crippen molar-refractivity contribution in [1.82, 2.24) is 10.2 Å². The van der Waals surface area contributed by atoms with Crippen LogP contribution >= 0.6 is 0 Å². The molecule has 1 saturated heterocycles. The van der Waals surface area contributed by atoms with Gasteiger partial charge >= 0.3 is 6.09 Å². The van der Waals surface area contributed by atoms with Crippen LogP contribution in [0.3, 0.4) is 0 Å². The molecular formula is C19H28N2O3. The van der Waals surface area contributed by atoms with Crippen LogP contribution in [-0.4, -0.2) is 42.3 Å². The van der Waals surface area contributed by atoms with Crippen LogP contribution in [0.15, 0.2) is 18.2 Å². The molecule has 2 heterocycles.